The van der Waals surface area contributed by atoms with Crippen LogP contribution in [0.5, 0.6) is 0 Å². The lowest BCUT2D eigenvalue weighted by molar-refractivity contribution is -0.184. The van der Waals surface area contributed by atoms with Crippen molar-refractivity contribution in [3.8, 4) is 0 Å². The SMILES string of the molecule is CC(C)OC(CCC[SiH2]CCC[SiH2]CCCC(OC(C)C)OC(C)C)OC(C)C. The van der Waals surface area contributed by atoms with Gasteiger partial charge in [0.2, 0.25) is 0 Å². The van der Waals surface area contributed by atoms with Crippen molar-refractivity contribution in [1.29, 1.82) is 0 Å². The minimum Gasteiger partial charge on any atom is -0.350 e. The molecule has 0 saturated carbocycles. The Bertz CT molecular complexity index is 300. The highest BCUT2D eigenvalue weighted by molar-refractivity contribution is 6.37. The van der Waals surface area contributed by atoms with Crippen LogP contribution in [0.2, 0.25) is 24.2 Å². The Labute approximate surface area is 186 Å². The van der Waals surface area contributed by atoms with Gasteiger partial charge in [0.15, 0.2) is 12.6 Å². The molecule has 0 aliphatic rings. The Morgan fingerprint density at radius 1 is 0.448 bits per heavy atom. The molecule has 0 rings (SSSR count). The fourth-order valence-corrected chi connectivity index (χ4v) is 7.52. The van der Waals surface area contributed by atoms with Crippen molar-refractivity contribution in [1.82, 2.24) is 0 Å². The minimum atomic E-state index is -0.0143. The lowest BCUT2D eigenvalue weighted by Gasteiger charge is -2.23. The second-order valence-electron chi connectivity index (χ2n) is 9.36. The van der Waals surface area contributed by atoms with Crippen LogP contribution < -0.4 is 0 Å². The number of rotatable bonds is 20. The molecule has 0 aliphatic carbocycles. The quantitative estimate of drug-likeness (QED) is 0.144. The lowest BCUT2D eigenvalue weighted by Crippen LogP contribution is -2.24. The average molecular weight is 449 g/mol. The van der Waals surface area contributed by atoms with Crippen LogP contribution in [0.15, 0.2) is 0 Å². The van der Waals surface area contributed by atoms with Gasteiger partial charge in [-0.3, -0.25) is 0 Å². The Morgan fingerprint density at radius 2 is 0.724 bits per heavy atom. The smallest absolute Gasteiger partial charge is 0.158 e. The molecule has 0 saturated heterocycles. The van der Waals surface area contributed by atoms with Crippen molar-refractivity contribution < 1.29 is 18.9 Å². The molecule has 6 heteroatoms. The predicted octanol–water partition coefficient (Wildman–Crippen LogP) is 5.30. The fourth-order valence-electron chi connectivity index (χ4n) is 3.41. The number of hydrogen-bond acceptors (Lipinski definition) is 4. The minimum absolute atomic E-state index is 0.0143. The van der Waals surface area contributed by atoms with E-state index in [-0.39, 0.29) is 56.0 Å². The van der Waals surface area contributed by atoms with Crippen LogP contribution in [-0.2, 0) is 18.9 Å². The van der Waals surface area contributed by atoms with E-state index < -0.39 is 0 Å². The van der Waals surface area contributed by atoms with Gasteiger partial charge in [0.1, 0.15) is 0 Å². The molecule has 0 aromatic heterocycles. The van der Waals surface area contributed by atoms with Gasteiger partial charge >= 0.3 is 0 Å². The largest absolute Gasteiger partial charge is 0.350 e. The van der Waals surface area contributed by atoms with Crippen molar-refractivity contribution >= 4 is 19.0 Å². The fraction of sp³-hybridized carbons (Fsp3) is 1.00. The van der Waals surface area contributed by atoms with Crippen LogP contribution in [0.3, 0.4) is 0 Å². The van der Waals surface area contributed by atoms with Crippen molar-refractivity contribution in [2.45, 2.75) is 149 Å². The molecule has 0 heterocycles. The summed E-state index contributed by atoms with van der Waals surface area (Å²) >= 11 is 0. The van der Waals surface area contributed by atoms with E-state index in [2.05, 4.69) is 55.4 Å². The molecule has 29 heavy (non-hydrogen) atoms. The average Bonchev–Trinajstić information content (AvgIpc) is 2.57. The zero-order chi connectivity index (χ0) is 22.1. The van der Waals surface area contributed by atoms with Crippen molar-refractivity contribution in [2.75, 3.05) is 0 Å². The second-order valence-corrected chi connectivity index (χ2v) is 13.6. The first-order valence-electron chi connectivity index (χ1n) is 12.3. The van der Waals surface area contributed by atoms with Gasteiger partial charge in [-0.2, -0.15) is 0 Å². The predicted molar refractivity (Wildman–Crippen MR) is 132 cm³/mol. The molecule has 176 valence electrons. The van der Waals surface area contributed by atoms with Gasteiger partial charge in [0, 0.05) is 19.0 Å². The Balaban J connectivity index is 3.62. The standard InChI is InChI=1S/C23H52O4Si2/c1-18(2)24-22(25-19(3)4)12-9-14-28-16-11-17-29-15-10-13-23(26-20(5)6)27-21(7)8/h18-23H,9-17,28-29H2,1-8H3. The van der Waals surface area contributed by atoms with E-state index in [4.69, 9.17) is 18.9 Å². The molecule has 0 unspecified atom stereocenters. The van der Waals surface area contributed by atoms with E-state index in [0.29, 0.717) is 0 Å². The summed E-state index contributed by atoms with van der Waals surface area (Å²) in [6.07, 6.45) is 7.04. The van der Waals surface area contributed by atoms with E-state index in [1.54, 1.807) is 0 Å². The lowest BCUT2D eigenvalue weighted by atomic mass is 10.3. The molecule has 0 spiro atoms. The maximum absolute atomic E-state index is 5.88. The first kappa shape index (κ1) is 29.3. The first-order valence-corrected chi connectivity index (χ1v) is 16.3. The van der Waals surface area contributed by atoms with Gasteiger partial charge in [0.25, 0.3) is 0 Å². The molecule has 0 N–H and O–H groups in total. The van der Waals surface area contributed by atoms with Crippen LogP contribution in [0.1, 0.15) is 87.5 Å². The van der Waals surface area contributed by atoms with Crippen molar-refractivity contribution in [2.24, 2.45) is 0 Å². The van der Waals surface area contributed by atoms with Crippen LogP contribution in [-0.4, -0.2) is 56.0 Å². The molecule has 0 aromatic carbocycles. The Morgan fingerprint density at radius 3 is 1.00 bits per heavy atom. The Hall–Kier alpha value is 0.274. The zero-order valence-corrected chi connectivity index (χ0v) is 23.7. The van der Waals surface area contributed by atoms with Crippen molar-refractivity contribution in [3.63, 3.8) is 0 Å². The summed E-state index contributed by atoms with van der Waals surface area (Å²) < 4.78 is 23.5. The van der Waals surface area contributed by atoms with E-state index in [1.807, 2.05) is 0 Å². The van der Waals surface area contributed by atoms with E-state index in [9.17, 15) is 0 Å². The summed E-state index contributed by atoms with van der Waals surface area (Å²) in [4.78, 5) is 0. The highest BCUT2D eigenvalue weighted by Crippen LogP contribution is 2.14. The first-order chi connectivity index (χ1) is 13.7. The topological polar surface area (TPSA) is 36.9 Å². The third-order valence-corrected chi connectivity index (χ3v) is 8.58. The van der Waals surface area contributed by atoms with Gasteiger partial charge in [-0.15, -0.1) is 0 Å². The number of ether oxygens (including phenoxy) is 4. The maximum Gasteiger partial charge on any atom is 0.158 e. The molecule has 4 nitrogen and oxygen atoms in total. The summed E-state index contributed by atoms with van der Waals surface area (Å²) in [6.45, 7) is 16.7. The maximum atomic E-state index is 5.88. The number of hydrogen-bond donors (Lipinski definition) is 0. The second kappa shape index (κ2) is 19.0. The van der Waals surface area contributed by atoms with Gasteiger partial charge in [0.05, 0.1) is 24.4 Å². The molecule has 0 atom stereocenters. The van der Waals surface area contributed by atoms with Gasteiger partial charge in [-0.25, -0.2) is 0 Å². The van der Waals surface area contributed by atoms with Crippen LogP contribution >= 0.6 is 0 Å². The highest BCUT2D eigenvalue weighted by Gasteiger charge is 2.14. The zero-order valence-electron chi connectivity index (χ0n) is 20.9. The highest BCUT2D eigenvalue weighted by atomic mass is 28.2. The third-order valence-electron chi connectivity index (χ3n) is 4.58. The van der Waals surface area contributed by atoms with Gasteiger partial charge in [-0.05, 0) is 68.2 Å². The van der Waals surface area contributed by atoms with Crippen LogP contribution in [0.25, 0.3) is 0 Å². The summed E-state index contributed by atoms with van der Waals surface area (Å²) in [5.74, 6) is 0. The molecular weight excluding hydrogens is 396 g/mol. The van der Waals surface area contributed by atoms with Crippen LogP contribution in [0.4, 0.5) is 0 Å². The van der Waals surface area contributed by atoms with Crippen LogP contribution in [0, 0.1) is 0 Å². The molecular formula is C23H52O4Si2. The molecule has 0 aliphatic heterocycles. The Kier molecular flexibility index (Phi) is 19.2. The summed E-state index contributed by atoms with van der Waals surface area (Å²) in [5.41, 5.74) is 0. The summed E-state index contributed by atoms with van der Waals surface area (Å²) in [6, 6.07) is 5.90. The molecule has 0 aromatic rings. The normalized spacial score (nSPS) is 13.4. The van der Waals surface area contributed by atoms with E-state index >= 15 is 0 Å². The molecule has 0 radical (unpaired) electrons. The van der Waals surface area contributed by atoms with Gasteiger partial charge < -0.3 is 18.9 Å². The molecule has 0 fully saturated rings. The summed E-state index contributed by atoms with van der Waals surface area (Å²) in [7, 11) is 0.215. The molecule has 0 bridgehead atoms. The van der Waals surface area contributed by atoms with Gasteiger partial charge in [-0.1, -0.05) is 43.4 Å². The van der Waals surface area contributed by atoms with E-state index in [0.717, 1.165) is 12.8 Å². The van der Waals surface area contributed by atoms with E-state index in [1.165, 1.54) is 43.4 Å². The monoisotopic (exact) mass is 448 g/mol. The summed E-state index contributed by atoms with van der Waals surface area (Å²) in [5, 5.41) is 0. The third kappa shape index (κ3) is 21.3. The van der Waals surface area contributed by atoms with Crippen molar-refractivity contribution in [3.05, 3.63) is 0 Å². The molecule has 0 amide bonds.